The van der Waals surface area contributed by atoms with Gasteiger partial charge in [0, 0.05) is 38.1 Å². The first-order chi connectivity index (χ1) is 10.2. The van der Waals surface area contributed by atoms with Crippen LogP contribution in [0.15, 0.2) is 35.5 Å². The van der Waals surface area contributed by atoms with E-state index in [1.54, 1.807) is 0 Å². The average molecular weight is 290 g/mol. The highest BCUT2D eigenvalue weighted by molar-refractivity contribution is 5.80. The lowest BCUT2D eigenvalue weighted by Crippen LogP contribution is -2.52. The first kappa shape index (κ1) is 15.8. The van der Waals surface area contributed by atoms with Gasteiger partial charge in [-0.2, -0.15) is 0 Å². The standard InChI is InChI=1S/C16H26N4O/c1-3-19-9-10-20(12-13(19)2)15(11-16(17)18-21)14-7-5-4-6-8-14/h4-8,13,15,21H,3,9-12H2,1-2H3,(H2,17,18). The van der Waals surface area contributed by atoms with Crippen molar-refractivity contribution in [2.75, 3.05) is 26.2 Å². The Kier molecular flexibility index (Phi) is 5.59. The van der Waals surface area contributed by atoms with E-state index in [0.717, 1.165) is 26.2 Å². The molecular formula is C16H26N4O. The number of rotatable bonds is 5. The van der Waals surface area contributed by atoms with Crippen LogP contribution < -0.4 is 5.73 Å². The Labute approximate surface area is 127 Å². The molecule has 0 bridgehead atoms. The van der Waals surface area contributed by atoms with Crippen LogP contribution in [0.4, 0.5) is 0 Å². The van der Waals surface area contributed by atoms with Crippen molar-refractivity contribution in [2.45, 2.75) is 32.4 Å². The van der Waals surface area contributed by atoms with E-state index in [1.165, 1.54) is 5.56 Å². The van der Waals surface area contributed by atoms with Gasteiger partial charge in [0.2, 0.25) is 0 Å². The molecule has 1 aromatic carbocycles. The molecule has 1 heterocycles. The summed E-state index contributed by atoms with van der Waals surface area (Å²) in [6, 6.07) is 11.0. The molecule has 2 rings (SSSR count). The Morgan fingerprint density at radius 3 is 2.67 bits per heavy atom. The van der Waals surface area contributed by atoms with Gasteiger partial charge >= 0.3 is 0 Å². The highest BCUT2D eigenvalue weighted by Crippen LogP contribution is 2.26. The van der Waals surface area contributed by atoms with Crippen LogP contribution in [-0.4, -0.2) is 53.1 Å². The van der Waals surface area contributed by atoms with Gasteiger partial charge in [-0.05, 0) is 19.0 Å². The molecule has 5 nitrogen and oxygen atoms in total. The minimum absolute atomic E-state index is 0.170. The van der Waals surface area contributed by atoms with Crippen molar-refractivity contribution in [1.29, 1.82) is 0 Å². The highest BCUT2D eigenvalue weighted by atomic mass is 16.4. The van der Waals surface area contributed by atoms with E-state index in [1.807, 2.05) is 18.2 Å². The summed E-state index contributed by atoms with van der Waals surface area (Å²) in [5, 5.41) is 12.1. The second-order valence-electron chi connectivity index (χ2n) is 5.69. The van der Waals surface area contributed by atoms with Crippen LogP contribution in [0.3, 0.4) is 0 Å². The molecule has 3 N–H and O–H groups in total. The molecule has 0 spiro atoms. The molecule has 21 heavy (non-hydrogen) atoms. The SMILES string of the molecule is CCN1CCN(C(CC(N)=NO)c2ccccc2)CC1C. The van der Waals surface area contributed by atoms with Crippen molar-refractivity contribution in [2.24, 2.45) is 10.9 Å². The number of piperazine rings is 1. The predicted molar refractivity (Wildman–Crippen MR) is 85.5 cm³/mol. The lowest BCUT2D eigenvalue weighted by Gasteiger charge is -2.43. The van der Waals surface area contributed by atoms with E-state index in [-0.39, 0.29) is 11.9 Å². The van der Waals surface area contributed by atoms with E-state index >= 15 is 0 Å². The molecule has 1 saturated heterocycles. The Bertz CT molecular complexity index is 463. The molecule has 1 fully saturated rings. The Morgan fingerprint density at radius 1 is 1.38 bits per heavy atom. The Balaban J connectivity index is 2.16. The second kappa shape index (κ2) is 7.43. The third kappa shape index (κ3) is 3.95. The molecule has 0 saturated carbocycles. The zero-order valence-electron chi connectivity index (χ0n) is 12.9. The highest BCUT2D eigenvalue weighted by Gasteiger charge is 2.29. The fourth-order valence-electron chi connectivity index (χ4n) is 3.15. The summed E-state index contributed by atoms with van der Waals surface area (Å²) in [7, 11) is 0. The van der Waals surface area contributed by atoms with E-state index in [4.69, 9.17) is 10.9 Å². The van der Waals surface area contributed by atoms with Gasteiger partial charge in [0.15, 0.2) is 0 Å². The summed E-state index contributed by atoms with van der Waals surface area (Å²) < 4.78 is 0. The molecule has 0 aromatic heterocycles. The number of amidine groups is 1. The number of benzene rings is 1. The molecule has 116 valence electrons. The first-order valence-corrected chi connectivity index (χ1v) is 7.65. The second-order valence-corrected chi connectivity index (χ2v) is 5.69. The van der Waals surface area contributed by atoms with E-state index < -0.39 is 0 Å². The number of nitrogens with two attached hydrogens (primary N) is 1. The summed E-state index contributed by atoms with van der Waals surface area (Å²) in [4.78, 5) is 4.94. The van der Waals surface area contributed by atoms with Gasteiger partial charge in [0.1, 0.15) is 5.84 Å². The van der Waals surface area contributed by atoms with E-state index in [0.29, 0.717) is 12.5 Å². The third-order valence-corrected chi connectivity index (χ3v) is 4.36. The van der Waals surface area contributed by atoms with Crippen molar-refractivity contribution in [1.82, 2.24) is 9.80 Å². The van der Waals surface area contributed by atoms with Gasteiger partial charge in [0.25, 0.3) is 0 Å². The first-order valence-electron chi connectivity index (χ1n) is 7.65. The molecular weight excluding hydrogens is 264 g/mol. The third-order valence-electron chi connectivity index (χ3n) is 4.36. The maximum atomic E-state index is 8.90. The van der Waals surface area contributed by atoms with Gasteiger partial charge in [-0.15, -0.1) is 0 Å². The van der Waals surface area contributed by atoms with Crippen LogP contribution in [0.2, 0.25) is 0 Å². The number of hydrogen-bond acceptors (Lipinski definition) is 4. The molecule has 1 aromatic rings. The van der Waals surface area contributed by atoms with Crippen LogP contribution in [0.25, 0.3) is 0 Å². The van der Waals surface area contributed by atoms with Crippen LogP contribution in [-0.2, 0) is 0 Å². The van der Waals surface area contributed by atoms with Crippen molar-refractivity contribution in [3.05, 3.63) is 35.9 Å². The largest absolute Gasteiger partial charge is 0.409 e. The number of likely N-dealkylation sites (N-methyl/N-ethyl adjacent to an activating group) is 1. The summed E-state index contributed by atoms with van der Waals surface area (Å²) in [6.45, 7) is 8.64. The number of hydrogen-bond donors (Lipinski definition) is 2. The quantitative estimate of drug-likeness (QED) is 0.376. The van der Waals surface area contributed by atoms with Crippen molar-refractivity contribution in [3.8, 4) is 0 Å². The van der Waals surface area contributed by atoms with Crippen molar-refractivity contribution in [3.63, 3.8) is 0 Å². The van der Waals surface area contributed by atoms with Crippen LogP contribution >= 0.6 is 0 Å². The minimum Gasteiger partial charge on any atom is -0.409 e. The zero-order valence-corrected chi connectivity index (χ0v) is 12.9. The monoisotopic (exact) mass is 290 g/mol. The molecule has 0 amide bonds. The van der Waals surface area contributed by atoms with E-state index in [9.17, 15) is 0 Å². The van der Waals surface area contributed by atoms with Gasteiger partial charge in [-0.3, -0.25) is 9.80 Å². The molecule has 0 radical (unpaired) electrons. The maximum absolute atomic E-state index is 8.90. The fraction of sp³-hybridized carbons (Fsp3) is 0.562. The van der Waals surface area contributed by atoms with Gasteiger partial charge in [-0.1, -0.05) is 42.4 Å². The summed E-state index contributed by atoms with van der Waals surface area (Å²) in [6.07, 6.45) is 0.555. The van der Waals surface area contributed by atoms with Gasteiger partial charge in [0.05, 0.1) is 0 Å². The molecule has 5 heteroatoms. The minimum atomic E-state index is 0.170. The molecule has 2 unspecified atom stereocenters. The van der Waals surface area contributed by atoms with Crippen LogP contribution in [0, 0.1) is 0 Å². The number of oxime groups is 1. The van der Waals surface area contributed by atoms with E-state index in [2.05, 4.69) is 40.9 Å². The van der Waals surface area contributed by atoms with Crippen LogP contribution in [0.1, 0.15) is 31.9 Å². The molecule has 1 aliphatic rings. The predicted octanol–water partition coefficient (Wildman–Crippen LogP) is 1.89. The number of nitrogens with zero attached hydrogens (tertiary/aromatic N) is 3. The van der Waals surface area contributed by atoms with Gasteiger partial charge < -0.3 is 10.9 Å². The smallest absolute Gasteiger partial charge is 0.141 e. The van der Waals surface area contributed by atoms with Crippen molar-refractivity contribution >= 4 is 5.84 Å². The van der Waals surface area contributed by atoms with Crippen LogP contribution in [0.5, 0.6) is 0 Å². The zero-order chi connectivity index (χ0) is 15.2. The van der Waals surface area contributed by atoms with Gasteiger partial charge in [-0.25, -0.2) is 0 Å². The summed E-state index contributed by atoms with van der Waals surface area (Å²) in [5.41, 5.74) is 6.99. The molecule has 1 aliphatic heterocycles. The lowest BCUT2D eigenvalue weighted by molar-refractivity contribution is 0.0599. The normalized spacial score (nSPS) is 23.1. The Morgan fingerprint density at radius 2 is 2.10 bits per heavy atom. The lowest BCUT2D eigenvalue weighted by atomic mass is 9.99. The molecule has 2 atom stereocenters. The molecule has 0 aliphatic carbocycles. The summed E-state index contributed by atoms with van der Waals surface area (Å²) in [5.74, 6) is 0.287. The average Bonchev–Trinajstić information content (AvgIpc) is 2.53. The summed E-state index contributed by atoms with van der Waals surface area (Å²) >= 11 is 0. The fourth-order valence-corrected chi connectivity index (χ4v) is 3.15. The Hall–Kier alpha value is -1.59. The topological polar surface area (TPSA) is 65.1 Å². The maximum Gasteiger partial charge on any atom is 0.141 e. The van der Waals surface area contributed by atoms with Crippen molar-refractivity contribution < 1.29 is 5.21 Å².